The van der Waals surface area contributed by atoms with E-state index < -0.39 is 24.0 Å². The van der Waals surface area contributed by atoms with E-state index in [-0.39, 0.29) is 6.42 Å². The maximum atomic E-state index is 12.6. The third-order valence-corrected chi connectivity index (χ3v) is 4.50. The summed E-state index contributed by atoms with van der Waals surface area (Å²) in [5, 5.41) is 0. The molecule has 0 aliphatic heterocycles. The van der Waals surface area contributed by atoms with Gasteiger partial charge in [-0.15, -0.1) is 0 Å². The van der Waals surface area contributed by atoms with Gasteiger partial charge in [-0.2, -0.15) is 0 Å². The van der Waals surface area contributed by atoms with E-state index in [1.54, 1.807) is 42.5 Å². The lowest BCUT2D eigenvalue weighted by molar-refractivity contribution is -0.166. The molecule has 2 aromatic carbocycles. The summed E-state index contributed by atoms with van der Waals surface area (Å²) in [4.78, 5) is 37.0. The van der Waals surface area contributed by atoms with E-state index in [2.05, 4.69) is 6.92 Å². The highest BCUT2D eigenvalue weighted by Gasteiger charge is 2.29. The molecule has 1 unspecified atom stereocenters. The Balaban J connectivity index is 2.11. The van der Waals surface area contributed by atoms with Crippen LogP contribution in [-0.4, -0.2) is 17.9 Å². The van der Waals surface area contributed by atoms with Crippen molar-refractivity contribution in [2.24, 2.45) is 0 Å². The van der Waals surface area contributed by atoms with Gasteiger partial charge in [0.2, 0.25) is 6.10 Å². The van der Waals surface area contributed by atoms with E-state index in [4.69, 9.17) is 9.47 Å². The maximum Gasteiger partial charge on any atom is 0.359 e. The topological polar surface area (TPSA) is 69.7 Å². The van der Waals surface area contributed by atoms with E-state index >= 15 is 0 Å². The summed E-state index contributed by atoms with van der Waals surface area (Å²) in [7, 11) is 0. The predicted octanol–water partition coefficient (Wildman–Crippen LogP) is 5.19. The van der Waals surface area contributed by atoms with Crippen LogP contribution in [0.4, 0.5) is 0 Å². The summed E-state index contributed by atoms with van der Waals surface area (Å²) >= 11 is 0. The van der Waals surface area contributed by atoms with Crippen molar-refractivity contribution in [3.8, 4) is 0 Å². The van der Waals surface area contributed by atoms with Crippen molar-refractivity contribution in [1.82, 2.24) is 0 Å². The van der Waals surface area contributed by atoms with Gasteiger partial charge in [0.25, 0.3) is 0 Å². The molecule has 154 valence electrons. The van der Waals surface area contributed by atoms with Gasteiger partial charge in [-0.05, 0) is 37.0 Å². The van der Waals surface area contributed by atoms with Gasteiger partial charge in [0.15, 0.2) is 0 Å². The van der Waals surface area contributed by atoms with Crippen LogP contribution in [-0.2, 0) is 25.5 Å². The molecule has 5 nitrogen and oxygen atoms in total. The van der Waals surface area contributed by atoms with Crippen molar-refractivity contribution in [2.75, 3.05) is 0 Å². The SMILES string of the molecule is CCCCC(=O)OC(=O)C(OC(=O)c1ccc(CCCC)cc1)c1ccccc1. The van der Waals surface area contributed by atoms with E-state index in [0.717, 1.165) is 31.2 Å². The predicted molar refractivity (Wildman–Crippen MR) is 110 cm³/mol. The molecule has 2 rings (SSSR count). The third kappa shape index (κ3) is 7.18. The number of esters is 3. The summed E-state index contributed by atoms with van der Waals surface area (Å²) < 4.78 is 10.4. The molecule has 0 aliphatic carbocycles. The second kappa shape index (κ2) is 11.8. The average Bonchev–Trinajstić information content (AvgIpc) is 2.75. The van der Waals surface area contributed by atoms with Crippen molar-refractivity contribution in [1.29, 1.82) is 0 Å². The first-order valence-corrected chi connectivity index (χ1v) is 10.1. The van der Waals surface area contributed by atoms with Crippen LogP contribution in [0.1, 0.15) is 73.5 Å². The molecule has 0 spiro atoms. The van der Waals surface area contributed by atoms with Crippen LogP contribution in [0.5, 0.6) is 0 Å². The minimum Gasteiger partial charge on any atom is -0.442 e. The van der Waals surface area contributed by atoms with Gasteiger partial charge < -0.3 is 9.47 Å². The molecule has 0 fully saturated rings. The van der Waals surface area contributed by atoms with Crippen molar-refractivity contribution >= 4 is 17.9 Å². The fourth-order valence-electron chi connectivity index (χ4n) is 2.78. The summed E-state index contributed by atoms with van der Waals surface area (Å²) in [6.45, 7) is 4.07. The lowest BCUT2D eigenvalue weighted by Gasteiger charge is -2.17. The number of aryl methyl sites for hydroxylation is 1. The Morgan fingerprint density at radius 3 is 2.14 bits per heavy atom. The van der Waals surface area contributed by atoms with Crippen LogP contribution < -0.4 is 0 Å². The van der Waals surface area contributed by atoms with Crippen molar-refractivity contribution < 1.29 is 23.9 Å². The molecule has 0 bridgehead atoms. The first kappa shape index (κ1) is 22.3. The minimum absolute atomic E-state index is 0.150. The van der Waals surface area contributed by atoms with E-state index in [0.29, 0.717) is 17.5 Å². The standard InChI is InChI=1S/C24H28O5/c1-3-5-10-18-14-16-20(17-15-18)23(26)29-22(19-11-8-7-9-12-19)24(27)28-21(25)13-6-4-2/h7-9,11-12,14-17,22H,3-6,10,13H2,1-2H3. The molecular weight excluding hydrogens is 368 g/mol. The molecule has 0 saturated heterocycles. The average molecular weight is 396 g/mol. The third-order valence-electron chi connectivity index (χ3n) is 4.50. The highest BCUT2D eigenvalue weighted by atomic mass is 16.6. The quantitative estimate of drug-likeness (QED) is 0.408. The van der Waals surface area contributed by atoms with Crippen LogP contribution in [0.15, 0.2) is 54.6 Å². The number of benzene rings is 2. The molecule has 5 heteroatoms. The summed E-state index contributed by atoms with van der Waals surface area (Å²) in [6.07, 6.45) is 3.43. The maximum absolute atomic E-state index is 12.6. The van der Waals surface area contributed by atoms with Gasteiger partial charge in [0.05, 0.1) is 5.56 Å². The molecule has 1 atom stereocenters. The molecule has 0 saturated carbocycles. The first-order valence-electron chi connectivity index (χ1n) is 10.1. The van der Waals surface area contributed by atoms with E-state index in [9.17, 15) is 14.4 Å². The lowest BCUT2D eigenvalue weighted by atomic mass is 10.1. The first-order chi connectivity index (χ1) is 14.0. The Kier molecular flexibility index (Phi) is 9.09. The highest BCUT2D eigenvalue weighted by Crippen LogP contribution is 2.22. The Morgan fingerprint density at radius 2 is 1.52 bits per heavy atom. The van der Waals surface area contributed by atoms with Crippen molar-refractivity contribution in [3.05, 3.63) is 71.3 Å². The number of rotatable bonds is 10. The number of carbonyl (C=O) groups excluding carboxylic acids is 3. The molecule has 0 aliphatic rings. The molecule has 0 heterocycles. The van der Waals surface area contributed by atoms with Gasteiger partial charge in [-0.3, -0.25) is 4.79 Å². The lowest BCUT2D eigenvalue weighted by Crippen LogP contribution is -2.24. The number of ether oxygens (including phenoxy) is 2. The molecule has 2 aromatic rings. The Labute approximate surface area is 172 Å². The molecule has 0 N–H and O–H groups in total. The number of hydrogen-bond donors (Lipinski definition) is 0. The summed E-state index contributed by atoms with van der Waals surface area (Å²) in [6, 6.07) is 15.7. The minimum atomic E-state index is -1.30. The zero-order valence-corrected chi connectivity index (χ0v) is 17.1. The smallest absolute Gasteiger partial charge is 0.359 e. The largest absolute Gasteiger partial charge is 0.442 e. The fourth-order valence-corrected chi connectivity index (χ4v) is 2.78. The second-order valence-electron chi connectivity index (χ2n) is 6.89. The van der Waals surface area contributed by atoms with Crippen LogP contribution in [0.25, 0.3) is 0 Å². The van der Waals surface area contributed by atoms with E-state index in [1.165, 1.54) is 0 Å². The van der Waals surface area contributed by atoms with Gasteiger partial charge in [-0.1, -0.05) is 69.2 Å². The van der Waals surface area contributed by atoms with Gasteiger partial charge in [0.1, 0.15) is 0 Å². The zero-order chi connectivity index (χ0) is 21.1. The van der Waals surface area contributed by atoms with Crippen LogP contribution in [0.3, 0.4) is 0 Å². The van der Waals surface area contributed by atoms with Crippen LogP contribution >= 0.6 is 0 Å². The molecule has 0 aromatic heterocycles. The molecule has 0 amide bonds. The number of carbonyl (C=O) groups is 3. The monoisotopic (exact) mass is 396 g/mol. The molecule has 29 heavy (non-hydrogen) atoms. The van der Waals surface area contributed by atoms with Gasteiger partial charge >= 0.3 is 17.9 Å². The summed E-state index contributed by atoms with van der Waals surface area (Å²) in [5.74, 6) is -2.14. The van der Waals surface area contributed by atoms with Crippen molar-refractivity contribution in [2.45, 2.75) is 58.5 Å². The Morgan fingerprint density at radius 1 is 0.862 bits per heavy atom. The molecule has 0 radical (unpaired) electrons. The Hall–Kier alpha value is -2.95. The van der Waals surface area contributed by atoms with E-state index in [1.807, 2.05) is 19.1 Å². The van der Waals surface area contributed by atoms with Gasteiger partial charge in [0, 0.05) is 12.0 Å². The zero-order valence-electron chi connectivity index (χ0n) is 17.1. The normalized spacial score (nSPS) is 11.5. The number of hydrogen-bond acceptors (Lipinski definition) is 5. The molecular formula is C24H28O5. The second-order valence-corrected chi connectivity index (χ2v) is 6.89. The highest BCUT2D eigenvalue weighted by molar-refractivity contribution is 5.94. The Bertz CT molecular complexity index is 796. The summed E-state index contributed by atoms with van der Waals surface area (Å²) in [5.41, 5.74) is 1.94. The fraction of sp³-hybridized carbons (Fsp3) is 0.375. The van der Waals surface area contributed by atoms with Crippen LogP contribution in [0.2, 0.25) is 0 Å². The van der Waals surface area contributed by atoms with Gasteiger partial charge in [-0.25, -0.2) is 9.59 Å². The van der Waals surface area contributed by atoms with Crippen LogP contribution in [0, 0.1) is 0 Å². The number of unbranched alkanes of at least 4 members (excludes halogenated alkanes) is 2. The van der Waals surface area contributed by atoms with Crippen molar-refractivity contribution in [3.63, 3.8) is 0 Å².